The molecule has 4 saturated carbocycles. The van der Waals surface area contributed by atoms with Crippen LogP contribution in [-0.2, 0) is 10.2 Å². The summed E-state index contributed by atoms with van der Waals surface area (Å²) < 4.78 is 0. The van der Waals surface area contributed by atoms with Gasteiger partial charge >= 0.3 is 0 Å². The molecule has 2 aromatic rings. The third-order valence-corrected chi connectivity index (χ3v) is 9.10. The molecule has 5 nitrogen and oxygen atoms in total. The summed E-state index contributed by atoms with van der Waals surface area (Å²) in [6.45, 7) is 0. The first-order valence-electron chi connectivity index (χ1n) is 11.1. The highest BCUT2D eigenvalue weighted by molar-refractivity contribution is 8.00. The van der Waals surface area contributed by atoms with E-state index in [1.54, 1.807) is 19.0 Å². The first-order chi connectivity index (χ1) is 14.9. The standard InChI is InChI=1S/C24H29N3O2S2/c1-27(2)21(28)14-30-19-6-4-3-5-18(19)22(29)26-23-25-20(13-31-23)24-10-15-7-16(11-24)9-17(8-15)12-24/h3-6,13,15-17H,7-12,14H2,1-2H3,(H,25,26,29). The second-order valence-corrected chi connectivity index (χ2v) is 11.6. The van der Waals surface area contributed by atoms with Crippen LogP contribution in [0.4, 0.5) is 5.13 Å². The molecule has 2 amide bonds. The Morgan fingerprint density at radius 1 is 1.13 bits per heavy atom. The van der Waals surface area contributed by atoms with Crippen molar-refractivity contribution in [1.29, 1.82) is 0 Å². The Hall–Kier alpha value is -1.86. The summed E-state index contributed by atoms with van der Waals surface area (Å²) in [5.74, 6) is 2.80. The van der Waals surface area contributed by atoms with Gasteiger partial charge in [0.2, 0.25) is 5.91 Å². The van der Waals surface area contributed by atoms with Gasteiger partial charge in [0.05, 0.1) is 17.0 Å². The molecule has 0 radical (unpaired) electrons. The number of anilines is 1. The van der Waals surface area contributed by atoms with E-state index < -0.39 is 0 Å². The topological polar surface area (TPSA) is 62.3 Å². The lowest BCUT2D eigenvalue weighted by atomic mass is 9.49. The Bertz CT molecular complexity index is 965. The predicted molar refractivity (Wildman–Crippen MR) is 126 cm³/mol. The van der Waals surface area contributed by atoms with Gasteiger partial charge in [0.15, 0.2) is 5.13 Å². The van der Waals surface area contributed by atoms with Crippen LogP contribution in [0.25, 0.3) is 0 Å². The molecule has 1 heterocycles. The van der Waals surface area contributed by atoms with Crippen molar-refractivity contribution in [3.8, 4) is 0 Å². The van der Waals surface area contributed by atoms with Crippen LogP contribution in [0.15, 0.2) is 34.5 Å². The van der Waals surface area contributed by atoms with Crippen molar-refractivity contribution in [2.75, 3.05) is 25.2 Å². The lowest BCUT2D eigenvalue weighted by Gasteiger charge is -2.56. The molecule has 0 aliphatic heterocycles. The molecular formula is C24H29N3O2S2. The van der Waals surface area contributed by atoms with E-state index in [0.29, 0.717) is 16.4 Å². The maximum Gasteiger partial charge on any atom is 0.258 e. The Morgan fingerprint density at radius 2 is 1.77 bits per heavy atom. The van der Waals surface area contributed by atoms with Gasteiger partial charge in [-0.05, 0) is 68.4 Å². The smallest absolute Gasteiger partial charge is 0.258 e. The van der Waals surface area contributed by atoms with Gasteiger partial charge in [0.1, 0.15) is 0 Å². The van der Waals surface area contributed by atoms with Crippen molar-refractivity contribution >= 4 is 40.0 Å². The molecule has 7 heteroatoms. The molecule has 6 rings (SSSR count). The maximum absolute atomic E-state index is 13.0. The van der Waals surface area contributed by atoms with Gasteiger partial charge in [0.25, 0.3) is 5.91 Å². The number of amides is 2. The van der Waals surface area contributed by atoms with E-state index in [-0.39, 0.29) is 17.2 Å². The molecule has 0 atom stereocenters. The molecule has 4 bridgehead atoms. The zero-order valence-corrected chi connectivity index (χ0v) is 19.7. The molecule has 1 N–H and O–H groups in total. The van der Waals surface area contributed by atoms with Crippen molar-refractivity contribution in [2.24, 2.45) is 17.8 Å². The lowest BCUT2D eigenvalue weighted by Crippen LogP contribution is -2.48. The van der Waals surface area contributed by atoms with E-state index in [2.05, 4.69) is 10.7 Å². The van der Waals surface area contributed by atoms with Crippen LogP contribution in [-0.4, -0.2) is 41.5 Å². The fourth-order valence-corrected chi connectivity index (χ4v) is 8.07. The largest absolute Gasteiger partial charge is 0.348 e. The zero-order chi connectivity index (χ0) is 21.6. The van der Waals surface area contributed by atoms with Crippen molar-refractivity contribution in [3.05, 3.63) is 40.9 Å². The number of thiazole rings is 1. The van der Waals surface area contributed by atoms with Gasteiger partial charge in [-0.3, -0.25) is 14.9 Å². The average molecular weight is 456 g/mol. The molecular weight excluding hydrogens is 426 g/mol. The summed E-state index contributed by atoms with van der Waals surface area (Å²) in [4.78, 5) is 32.3. The van der Waals surface area contributed by atoms with Gasteiger partial charge < -0.3 is 4.90 Å². The normalized spacial score (nSPS) is 28.5. The average Bonchev–Trinajstić information content (AvgIpc) is 3.20. The predicted octanol–water partition coefficient (Wildman–Crippen LogP) is 5.04. The summed E-state index contributed by atoms with van der Waals surface area (Å²) in [6.07, 6.45) is 8.06. The number of hydrogen-bond acceptors (Lipinski definition) is 5. The SMILES string of the molecule is CN(C)C(=O)CSc1ccccc1C(=O)Nc1nc(C23CC4CC(CC(C4)C2)C3)cs1. The molecule has 0 spiro atoms. The van der Waals surface area contributed by atoms with Crippen LogP contribution in [0.2, 0.25) is 0 Å². The summed E-state index contributed by atoms with van der Waals surface area (Å²) in [5.41, 5.74) is 2.03. The highest BCUT2D eigenvalue weighted by Gasteiger charge is 2.52. The highest BCUT2D eigenvalue weighted by atomic mass is 32.2. The van der Waals surface area contributed by atoms with Crippen LogP contribution in [0.1, 0.15) is 54.6 Å². The van der Waals surface area contributed by atoms with Crippen LogP contribution in [0, 0.1) is 17.8 Å². The third-order valence-electron chi connectivity index (χ3n) is 7.29. The van der Waals surface area contributed by atoms with E-state index in [9.17, 15) is 9.59 Å². The Morgan fingerprint density at radius 3 is 2.42 bits per heavy atom. The fourth-order valence-electron chi connectivity index (χ4n) is 6.21. The van der Waals surface area contributed by atoms with Crippen molar-refractivity contribution in [1.82, 2.24) is 9.88 Å². The summed E-state index contributed by atoms with van der Waals surface area (Å²) >= 11 is 2.94. The molecule has 4 fully saturated rings. The van der Waals surface area contributed by atoms with E-state index >= 15 is 0 Å². The van der Waals surface area contributed by atoms with E-state index in [4.69, 9.17) is 4.98 Å². The Kier molecular flexibility index (Phi) is 5.59. The Labute approximate surface area is 192 Å². The third kappa shape index (κ3) is 4.14. The fraction of sp³-hybridized carbons (Fsp3) is 0.542. The van der Waals surface area contributed by atoms with Crippen molar-refractivity contribution in [3.63, 3.8) is 0 Å². The van der Waals surface area contributed by atoms with Crippen LogP contribution >= 0.6 is 23.1 Å². The van der Waals surface area contributed by atoms with Gasteiger partial charge in [-0.2, -0.15) is 0 Å². The van der Waals surface area contributed by atoms with Crippen molar-refractivity contribution < 1.29 is 9.59 Å². The minimum Gasteiger partial charge on any atom is -0.348 e. The summed E-state index contributed by atoms with van der Waals surface area (Å²) in [5, 5.41) is 5.88. The van der Waals surface area contributed by atoms with Crippen LogP contribution < -0.4 is 5.32 Å². The van der Waals surface area contributed by atoms with E-state index in [0.717, 1.165) is 22.6 Å². The number of nitrogens with zero attached hydrogens (tertiary/aromatic N) is 2. The first-order valence-corrected chi connectivity index (χ1v) is 13.0. The summed E-state index contributed by atoms with van der Waals surface area (Å²) in [7, 11) is 3.48. The maximum atomic E-state index is 13.0. The number of carbonyl (C=O) groups is 2. The summed E-state index contributed by atoms with van der Waals surface area (Å²) in [6, 6.07) is 7.46. The second kappa shape index (κ2) is 8.24. The van der Waals surface area contributed by atoms with Crippen molar-refractivity contribution in [2.45, 2.75) is 48.8 Å². The number of nitrogens with one attached hydrogen (secondary N) is 1. The highest BCUT2D eigenvalue weighted by Crippen LogP contribution is 2.60. The van der Waals surface area contributed by atoms with Gasteiger partial charge in [0, 0.05) is 29.8 Å². The van der Waals surface area contributed by atoms with Gasteiger partial charge in [-0.15, -0.1) is 23.1 Å². The molecule has 164 valence electrons. The number of benzene rings is 1. The monoisotopic (exact) mass is 455 g/mol. The lowest BCUT2D eigenvalue weighted by molar-refractivity contribution is -0.125. The number of aromatic nitrogens is 1. The minimum absolute atomic E-state index is 0.0281. The molecule has 0 unspecified atom stereocenters. The zero-order valence-electron chi connectivity index (χ0n) is 18.1. The minimum atomic E-state index is -0.160. The number of rotatable bonds is 6. The van der Waals surface area contributed by atoms with Gasteiger partial charge in [-0.1, -0.05) is 12.1 Å². The molecule has 31 heavy (non-hydrogen) atoms. The molecule has 0 saturated heterocycles. The van der Waals surface area contributed by atoms with E-state index in [1.807, 2.05) is 24.3 Å². The van der Waals surface area contributed by atoms with Crippen LogP contribution in [0.3, 0.4) is 0 Å². The number of hydrogen-bond donors (Lipinski definition) is 1. The quantitative estimate of drug-likeness (QED) is 0.620. The second-order valence-electron chi connectivity index (χ2n) is 9.76. The number of carbonyl (C=O) groups excluding carboxylic acids is 2. The molecule has 1 aromatic carbocycles. The molecule has 4 aliphatic rings. The van der Waals surface area contributed by atoms with Crippen LogP contribution in [0.5, 0.6) is 0 Å². The first kappa shape index (κ1) is 21.0. The molecule has 4 aliphatic carbocycles. The van der Waals surface area contributed by atoms with Gasteiger partial charge in [-0.25, -0.2) is 4.98 Å². The molecule has 1 aromatic heterocycles. The Balaban J connectivity index is 1.29. The number of thioether (sulfide) groups is 1. The van der Waals surface area contributed by atoms with E-state index in [1.165, 1.54) is 67.3 Å².